The van der Waals surface area contributed by atoms with Gasteiger partial charge in [0.05, 0.1) is 22.7 Å². The Morgan fingerprint density at radius 3 is 2.61 bits per heavy atom. The average molecular weight is 435 g/mol. The zero-order chi connectivity index (χ0) is 21.6. The molecule has 0 unspecified atom stereocenters. The first-order chi connectivity index (χ1) is 15.1. The van der Waals surface area contributed by atoms with Crippen molar-refractivity contribution in [2.75, 3.05) is 6.61 Å². The molecule has 31 heavy (non-hydrogen) atoms. The molecule has 6 nitrogen and oxygen atoms in total. The standard InChI is InChI=1S/C24H26N4O2S/c1-18(2)30-16-6-14-27-23(29)21-7-3-4-8-22(21)26-24(27)31-17-19-9-11-20(12-10-19)28-15-5-13-25-28/h3-5,7-13,15,18H,6,14,16-17H2,1-2H3. The van der Waals surface area contributed by atoms with Gasteiger partial charge in [0.1, 0.15) is 0 Å². The van der Waals surface area contributed by atoms with Crippen molar-refractivity contribution in [1.29, 1.82) is 0 Å². The van der Waals surface area contributed by atoms with Crippen LogP contribution in [-0.2, 0) is 17.0 Å². The predicted molar refractivity (Wildman–Crippen MR) is 125 cm³/mol. The summed E-state index contributed by atoms with van der Waals surface area (Å²) in [6.45, 7) is 5.24. The number of aromatic nitrogens is 4. The van der Waals surface area contributed by atoms with Crippen molar-refractivity contribution < 1.29 is 4.74 Å². The number of fused-ring (bicyclic) bond motifs is 1. The van der Waals surface area contributed by atoms with Gasteiger partial charge in [0, 0.05) is 31.3 Å². The Bertz CT molecular complexity index is 1180. The molecule has 2 aromatic heterocycles. The monoisotopic (exact) mass is 434 g/mol. The SMILES string of the molecule is CC(C)OCCCn1c(SCc2ccc(-n3cccn3)cc2)nc2ccccc2c1=O. The molecule has 0 spiro atoms. The third-order valence-electron chi connectivity index (χ3n) is 4.88. The molecule has 2 aromatic carbocycles. The minimum absolute atomic E-state index is 0.00618. The highest BCUT2D eigenvalue weighted by Crippen LogP contribution is 2.23. The maximum atomic E-state index is 13.1. The summed E-state index contributed by atoms with van der Waals surface area (Å²) in [5.41, 5.74) is 2.92. The molecule has 0 saturated heterocycles. The van der Waals surface area contributed by atoms with E-state index in [9.17, 15) is 4.79 Å². The summed E-state index contributed by atoms with van der Waals surface area (Å²) < 4.78 is 9.27. The van der Waals surface area contributed by atoms with E-state index in [2.05, 4.69) is 17.2 Å². The van der Waals surface area contributed by atoms with Gasteiger partial charge < -0.3 is 4.74 Å². The molecule has 2 heterocycles. The lowest BCUT2D eigenvalue weighted by Gasteiger charge is -2.14. The molecule has 0 bridgehead atoms. The van der Waals surface area contributed by atoms with Gasteiger partial charge in [-0.1, -0.05) is 36.0 Å². The third kappa shape index (κ3) is 5.24. The molecule has 0 atom stereocenters. The molecule has 0 saturated carbocycles. The van der Waals surface area contributed by atoms with Gasteiger partial charge in [0.2, 0.25) is 0 Å². The Morgan fingerprint density at radius 2 is 1.87 bits per heavy atom. The lowest BCUT2D eigenvalue weighted by atomic mass is 10.2. The van der Waals surface area contributed by atoms with Crippen LogP contribution >= 0.6 is 11.8 Å². The lowest BCUT2D eigenvalue weighted by molar-refractivity contribution is 0.0743. The molecule has 7 heteroatoms. The van der Waals surface area contributed by atoms with E-state index in [1.165, 1.54) is 0 Å². The second kappa shape index (κ2) is 9.94. The fraction of sp³-hybridized carbons (Fsp3) is 0.292. The number of hydrogen-bond acceptors (Lipinski definition) is 5. The molecular weight excluding hydrogens is 408 g/mol. The Kier molecular flexibility index (Phi) is 6.84. The van der Waals surface area contributed by atoms with E-state index in [1.807, 2.05) is 67.2 Å². The van der Waals surface area contributed by atoms with Crippen LogP contribution in [0.2, 0.25) is 0 Å². The van der Waals surface area contributed by atoms with E-state index in [-0.39, 0.29) is 11.7 Å². The van der Waals surface area contributed by atoms with Crippen molar-refractivity contribution in [2.45, 2.75) is 43.8 Å². The molecule has 0 aliphatic heterocycles. The van der Waals surface area contributed by atoms with Crippen LogP contribution in [-0.4, -0.2) is 32.0 Å². The van der Waals surface area contributed by atoms with Gasteiger partial charge in [-0.15, -0.1) is 0 Å². The van der Waals surface area contributed by atoms with Gasteiger partial charge in [-0.3, -0.25) is 9.36 Å². The van der Waals surface area contributed by atoms with Crippen LogP contribution in [0.5, 0.6) is 0 Å². The van der Waals surface area contributed by atoms with Crippen molar-refractivity contribution in [3.8, 4) is 5.69 Å². The maximum absolute atomic E-state index is 13.1. The molecule has 4 rings (SSSR count). The second-order valence-electron chi connectivity index (χ2n) is 7.55. The predicted octanol–water partition coefficient (Wildman–Crippen LogP) is 4.69. The molecule has 0 radical (unpaired) electrons. The van der Waals surface area contributed by atoms with E-state index in [1.54, 1.807) is 22.5 Å². The Morgan fingerprint density at radius 1 is 1.06 bits per heavy atom. The molecule has 0 fully saturated rings. The zero-order valence-corrected chi connectivity index (χ0v) is 18.6. The van der Waals surface area contributed by atoms with E-state index >= 15 is 0 Å². The van der Waals surface area contributed by atoms with Crippen molar-refractivity contribution in [3.05, 3.63) is 82.9 Å². The lowest BCUT2D eigenvalue weighted by Crippen LogP contribution is -2.24. The highest BCUT2D eigenvalue weighted by atomic mass is 32.2. The summed E-state index contributed by atoms with van der Waals surface area (Å²) in [5.74, 6) is 0.729. The molecule has 160 valence electrons. The normalized spacial score (nSPS) is 11.5. The van der Waals surface area contributed by atoms with E-state index < -0.39 is 0 Å². The topological polar surface area (TPSA) is 61.9 Å². The maximum Gasteiger partial charge on any atom is 0.262 e. The number of benzene rings is 2. The van der Waals surface area contributed by atoms with Crippen LogP contribution in [0.4, 0.5) is 0 Å². The van der Waals surface area contributed by atoms with E-state index in [0.717, 1.165) is 34.1 Å². The number of nitrogens with zero attached hydrogens (tertiary/aromatic N) is 4. The first-order valence-electron chi connectivity index (χ1n) is 10.4. The average Bonchev–Trinajstić information content (AvgIpc) is 3.32. The number of hydrogen-bond donors (Lipinski definition) is 0. The molecule has 0 aliphatic rings. The third-order valence-corrected chi connectivity index (χ3v) is 5.92. The molecule has 0 aliphatic carbocycles. The first kappa shape index (κ1) is 21.3. The summed E-state index contributed by atoms with van der Waals surface area (Å²) in [4.78, 5) is 17.9. The largest absolute Gasteiger partial charge is 0.379 e. The minimum atomic E-state index is 0.00618. The Labute approximate surface area is 185 Å². The van der Waals surface area contributed by atoms with Gasteiger partial charge in [-0.2, -0.15) is 5.10 Å². The highest BCUT2D eigenvalue weighted by molar-refractivity contribution is 7.98. The fourth-order valence-electron chi connectivity index (χ4n) is 3.31. The van der Waals surface area contributed by atoms with Gasteiger partial charge in [-0.25, -0.2) is 9.67 Å². The summed E-state index contributed by atoms with van der Waals surface area (Å²) >= 11 is 1.59. The number of thioether (sulfide) groups is 1. The molecule has 0 N–H and O–H groups in total. The summed E-state index contributed by atoms with van der Waals surface area (Å²) in [5, 5.41) is 5.65. The fourth-order valence-corrected chi connectivity index (χ4v) is 4.29. The van der Waals surface area contributed by atoms with Crippen LogP contribution in [0.1, 0.15) is 25.8 Å². The van der Waals surface area contributed by atoms with E-state index in [0.29, 0.717) is 18.5 Å². The highest BCUT2D eigenvalue weighted by Gasteiger charge is 2.12. The summed E-state index contributed by atoms with van der Waals surface area (Å²) in [7, 11) is 0. The second-order valence-corrected chi connectivity index (χ2v) is 8.49. The van der Waals surface area contributed by atoms with Crippen molar-refractivity contribution in [1.82, 2.24) is 19.3 Å². The smallest absolute Gasteiger partial charge is 0.262 e. The van der Waals surface area contributed by atoms with Gasteiger partial charge in [0.25, 0.3) is 5.56 Å². The number of para-hydroxylation sites is 1. The molecule has 0 amide bonds. The number of rotatable bonds is 9. The van der Waals surface area contributed by atoms with Crippen LogP contribution in [0.3, 0.4) is 0 Å². The number of ether oxygens (including phenoxy) is 1. The van der Waals surface area contributed by atoms with Crippen molar-refractivity contribution >= 4 is 22.7 Å². The van der Waals surface area contributed by atoms with Crippen molar-refractivity contribution in [2.24, 2.45) is 0 Å². The summed E-state index contributed by atoms with van der Waals surface area (Å²) in [6.07, 6.45) is 4.64. The first-order valence-corrected chi connectivity index (χ1v) is 11.4. The molecular formula is C24H26N4O2S. The van der Waals surface area contributed by atoms with Crippen molar-refractivity contribution in [3.63, 3.8) is 0 Å². The molecule has 4 aromatic rings. The quantitative estimate of drug-likeness (QED) is 0.217. The van der Waals surface area contributed by atoms with Gasteiger partial charge in [-0.05, 0) is 56.2 Å². The van der Waals surface area contributed by atoms with Crippen LogP contribution in [0.25, 0.3) is 16.6 Å². The Balaban J connectivity index is 1.53. The van der Waals surface area contributed by atoms with Gasteiger partial charge in [0.15, 0.2) is 5.16 Å². The van der Waals surface area contributed by atoms with Crippen LogP contribution < -0.4 is 5.56 Å². The van der Waals surface area contributed by atoms with Crippen LogP contribution in [0.15, 0.2) is 76.9 Å². The van der Waals surface area contributed by atoms with E-state index in [4.69, 9.17) is 9.72 Å². The summed E-state index contributed by atoms with van der Waals surface area (Å²) in [6, 6.07) is 17.7. The zero-order valence-electron chi connectivity index (χ0n) is 17.8. The Hall–Kier alpha value is -2.90. The minimum Gasteiger partial charge on any atom is -0.379 e. The van der Waals surface area contributed by atoms with Gasteiger partial charge >= 0.3 is 0 Å². The van der Waals surface area contributed by atoms with Crippen LogP contribution in [0, 0.1) is 0 Å².